The number of aryl methyl sites for hydroxylation is 1. The molecule has 1 atom stereocenters. The highest BCUT2D eigenvalue weighted by molar-refractivity contribution is 6.30. The number of imidazole rings is 1. The van der Waals surface area contributed by atoms with Crippen molar-refractivity contribution in [1.29, 1.82) is 0 Å². The Morgan fingerprint density at radius 3 is 2.65 bits per heavy atom. The molecule has 1 aliphatic rings. The molecule has 0 amide bonds. The second kappa shape index (κ2) is 5.85. The average Bonchev–Trinajstić information content (AvgIpc) is 2.69. The fraction of sp³-hybridized carbons (Fsp3) is 0.750. The second-order valence-electron chi connectivity index (χ2n) is 4.70. The molecule has 2 heterocycles. The summed E-state index contributed by atoms with van der Waals surface area (Å²) in [4.78, 5) is 6.95. The third-order valence-electron chi connectivity index (χ3n) is 3.44. The van der Waals surface area contributed by atoms with Gasteiger partial charge in [-0.2, -0.15) is 0 Å². The van der Waals surface area contributed by atoms with Crippen molar-refractivity contribution in [3.05, 3.63) is 17.2 Å². The molecule has 2 rings (SSSR count). The fourth-order valence-corrected chi connectivity index (χ4v) is 2.70. The van der Waals surface area contributed by atoms with E-state index in [1.807, 2.05) is 18.7 Å². The molecule has 1 fully saturated rings. The molecule has 1 aromatic rings. The van der Waals surface area contributed by atoms with E-state index in [0.717, 1.165) is 30.5 Å². The maximum Gasteiger partial charge on any atom is 0.133 e. The predicted molar refractivity (Wildman–Crippen MR) is 70.3 cm³/mol. The maximum atomic E-state index is 6.30. The number of likely N-dealkylation sites (N-methyl/N-ethyl adjacent to an activating group) is 1. The van der Waals surface area contributed by atoms with Crippen molar-refractivity contribution in [2.75, 3.05) is 26.7 Å². The van der Waals surface area contributed by atoms with E-state index in [9.17, 15) is 0 Å². The summed E-state index contributed by atoms with van der Waals surface area (Å²) in [6.45, 7) is 3.20. The summed E-state index contributed by atoms with van der Waals surface area (Å²) in [7, 11) is 3.92. The summed E-state index contributed by atoms with van der Waals surface area (Å²) in [5.74, 6) is 0. The van der Waals surface area contributed by atoms with Crippen LogP contribution in [0.15, 0.2) is 6.33 Å². The molecule has 4 nitrogen and oxygen atoms in total. The smallest absolute Gasteiger partial charge is 0.133 e. The summed E-state index contributed by atoms with van der Waals surface area (Å²) in [6, 6.07) is 0.300. The Morgan fingerprint density at radius 2 is 2.12 bits per heavy atom. The minimum Gasteiger partial charge on any atom is -0.325 e. The number of nitrogens with one attached hydrogen (secondary N) is 1. The number of aromatic nitrogens is 2. The van der Waals surface area contributed by atoms with Crippen molar-refractivity contribution < 1.29 is 0 Å². The van der Waals surface area contributed by atoms with Crippen LogP contribution in [0.25, 0.3) is 0 Å². The number of piperidine rings is 1. The zero-order valence-electron chi connectivity index (χ0n) is 10.6. The van der Waals surface area contributed by atoms with Gasteiger partial charge in [-0.15, -0.1) is 0 Å². The molecule has 0 aliphatic carbocycles. The minimum absolute atomic E-state index is 0.300. The van der Waals surface area contributed by atoms with Gasteiger partial charge in [0.2, 0.25) is 0 Å². The van der Waals surface area contributed by atoms with Gasteiger partial charge in [-0.1, -0.05) is 18.0 Å². The lowest BCUT2D eigenvalue weighted by Crippen LogP contribution is -2.38. The highest BCUT2D eigenvalue weighted by Crippen LogP contribution is 2.27. The summed E-state index contributed by atoms with van der Waals surface area (Å²) >= 11 is 6.30. The van der Waals surface area contributed by atoms with Gasteiger partial charge >= 0.3 is 0 Å². The highest BCUT2D eigenvalue weighted by Gasteiger charge is 2.25. The summed E-state index contributed by atoms with van der Waals surface area (Å²) in [6.07, 6.45) is 5.71. The lowest BCUT2D eigenvalue weighted by Gasteiger charge is -2.33. The van der Waals surface area contributed by atoms with E-state index in [0.29, 0.717) is 6.04 Å². The van der Waals surface area contributed by atoms with Gasteiger partial charge in [-0.25, -0.2) is 4.98 Å². The Morgan fingerprint density at radius 1 is 1.41 bits per heavy atom. The van der Waals surface area contributed by atoms with Gasteiger partial charge in [-0.3, -0.25) is 4.90 Å². The normalized spacial score (nSPS) is 19.5. The van der Waals surface area contributed by atoms with Crippen LogP contribution in [0.5, 0.6) is 0 Å². The molecular formula is C12H21ClN4. The van der Waals surface area contributed by atoms with Gasteiger partial charge in [-0.05, 0) is 33.0 Å². The quantitative estimate of drug-likeness (QED) is 0.892. The Labute approximate surface area is 108 Å². The van der Waals surface area contributed by atoms with Gasteiger partial charge in [0, 0.05) is 13.6 Å². The van der Waals surface area contributed by atoms with Crippen LogP contribution in [0.4, 0.5) is 0 Å². The highest BCUT2D eigenvalue weighted by atomic mass is 35.5. The first-order valence-corrected chi connectivity index (χ1v) is 6.67. The van der Waals surface area contributed by atoms with E-state index < -0.39 is 0 Å². The zero-order valence-corrected chi connectivity index (χ0v) is 11.4. The number of nitrogens with zero attached hydrogens (tertiary/aromatic N) is 3. The average molecular weight is 257 g/mol. The first kappa shape index (κ1) is 12.9. The van der Waals surface area contributed by atoms with Crippen molar-refractivity contribution in [2.45, 2.75) is 25.3 Å². The Bertz CT molecular complexity index is 357. The molecule has 96 valence electrons. The van der Waals surface area contributed by atoms with Crippen LogP contribution < -0.4 is 5.32 Å². The van der Waals surface area contributed by atoms with Crippen molar-refractivity contribution in [2.24, 2.45) is 7.05 Å². The predicted octanol–water partition coefficient (Wildman–Crippen LogP) is 1.82. The molecule has 1 aliphatic heterocycles. The minimum atomic E-state index is 0.300. The maximum absolute atomic E-state index is 6.30. The van der Waals surface area contributed by atoms with Gasteiger partial charge in [0.1, 0.15) is 5.15 Å². The molecule has 17 heavy (non-hydrogen) atoms. The Hall–Kier alpha value is -0.580. The Kier molecular flexibility index (Phi) is 4.42. The molecule has 1 unspecified atom stereocenters. The van der Waals surface area contributed by atoms with E-state index in [-0.39, 0.29) is 0 Å². The van der Waals surface area contributed by atoms with Crippen molar-refractivity contribution in [1.82, 2.24) is 19.8 Å². The van der Waals surface area contributed by atoms with E-state index in [2.05, 4.69) is 15.2 Å². The molecule has 5 heteroatoms. The number of hydrogen-bond donors (Lipinski definition) is 1. The third kappa shape index (κ3) is 2.81. The Balaban J connectivity index is 2.18. The molecular weight excluding hydrogens is 236 g/mol. The van der Waals surface area contributed by atoms with Crippen LogP contribution in [-0.4, -0.2) is 41.1 Å². The number of likely N-dealkylation sites (tertiary alicyclic amines) is 1. The van der Waals surface area contributed by atoms with Gasteiger partial charge < -0.3 is 9.88 Å². The molecule has 0 spiro atoms. The first-order chi connectivity index (χ1) is 8.24. The summed E-state index contributed by atoms with van der Waals surface area (Å²) in [5, 5.41) is 4.01. The lowest BCUT2D eigenvalue weighted by molar-refractivity contribution is 0.159. The van der Waals surface area contributed by atoms with E-state index >= 15 is 0 Å². The van der Waals surface area contributed by atoms with E-state index in [4.69, 9.17) is 11.6 Å². The number of hydrogen-bond acceptors (Lipinski definition) is 3. The van der Waals surface area contributed by atoms with Gasteiger partial charge in [0.25, 0.3) is 0 Å². The van der Waals surface area contributed by atoms with E-state index in [1.54, 1.807) is 6.33 Å². The van der Waals surface area contributed by atoms with Crippen LogP contribution >= 0.6 is 11.6 Å². The van der Waals surface area contributed by atoms with Crippen molar-refractivity contribution in [3.63, 3.8) is 0 Å². The van der Waals surface area contributed by atoms with Gasteiger partial charge in [0.15, 0.2) is 0 Å². The monoisotopic (exact) mass is 256 g/mol. The zero-order chi connectivity index (χ0) is 12.3. The summed E-state index contributed by atoms with van der Waals surface area (Å²) < 4.78 is 1.88. The summed E-state index contributed by atoms with van der Waals surface area (Å²) in [5.41, 5.74) is 1.01. The van der Waals surface area contributed by atoms with Crippen LogP contribution in [0.1, 0.15) is 31.0 Å². The fourth-order valence-electron chi connectivity index (χ4n) is 2.48. The molecule has 0 bridgehead atoms. The van der Waals surface area contributed by atoms with Crippen LogP contribution in [0.3, 0.4) is 0 Å². The van der Waals surface area contributed by atoms with Gasteiger partial charge in [0.05, 0.1) is 18.1 Å². The molecule has 1 saturated heterocycles. The van der Waals surface area contributed by atoms with Crippen LogP contribution in [0.2, 0.25) is 5.15 Å². The number of halogens is 1. The number of rotatable bonds is 4. The molecule has 1 N–H and O–H groups in total. The lowest BCUT2D eigenvalue weighted by atomic mass is 10.1. The van der Waals surface area contributed by atoms with Crippen LogP contribution in [-0.2, 0) is 7.05 Å². The largest absolute Gasteiger partial charge is 0.325 e. The van der Waals surface area contributed by atoms with Crippen LogP contribution in [0, 0.1) is 0 Å². The van der Waals surface area contributed by atoms with Crippen molar-refractivity contribution >= 4 is 11.6 Å². The third-order valence-corrected chi connectivity index (χ3v) is 3.90. The van der Waals surface area contributed by atoms with E-state index in [1.165, 1.54) is 19.3 Å². The van der Waals surface area contributed by atoms with Crippen molar-refractivity contribution in [3.8, 4) is 0 Å². The standard InChI is InChI=1S/C12H21ClN4/c1-14-8-10(17-6-4-3-5-7-17)11-12(13)16(2)9-15-11/h9-10,14H,3-8H2,1-2H3. The SMILES string of the molecule is CNCC(c1ncn(C)c1Cl)N1CCCCC1. The molecule has 0 saturated carbocycles. The molecule has 0 aromatic carbocycles. The first-order valence-electron chi connectivity index (χ1n) is 6.29. The molecule has 0 radical (unpaired) electrons. The molecule has 1 aromatic heterocycles. The topological polar surface area (TPSA) is 33.1 Å². The second-order valence-corrected chi connectivity index (χ2v) is 5.06.